The van der Waals surface area contributed by atoms with Crippen LogP contribution in [0.2, 0.25) is 5.02 Å². The van der Waals surface area contributed by atoms with Gasteiger partial charge in [0.15, 0.2) is 0 Å². The molecule has 0 atom stereocenters. The van der Waals surface area contributed by atoms with E-state index in [1.165, 1.54) is 23.5 Å². The van der Waals surface area contributed by atoms with Crippen LogP contribution in [0.1, 0.15) is 18.9 Å². The number of nitrogens with zero attached hydrogens (tertiary/aromatic N) is 1. The second-order valence-electron chi connectivity index (χ2n) is 3.84. The number of halogens is 1. The highest BCUT2D eigenvalue weighted by Gasteiger charge is 2.23. The molecule has 7 heteroatoms. The van der Waals surface area contributed by atoms with Gasteiger partial charge in [-0.2, -0.15) is 0 Å². The second kappa shape index (κ2) is 5.97. The van der Waals surface area contributed by atoms with Crippen molar-refractivity contribution in [1.82, 2.24) is 4.31 Å². The van der Waals surface area contributed by atoms with Crippen LogP contribution in [0, 0.1) is 0 Å². The van der Waals surface area contributed by atoms with Crippen molar-refractivity contribution in [3.8, 4) is 0 Å². The van der Waals surface area contributed by atoms with E-state index in [2.05, 4.69) is 0 Å². The van der Waals surface area contributed by atoms with Gasteiger partial charge in [-0.3, -0.25) is 0 Å². The fourth-order valence-electron chi connectivity index (χ4n) is 1.47. The topological polar surface area (TPSA) is 63.4 Å². The number of thiocarbonyl (C=S) groups is 1. The zero-order chi connectivity index (χ0) is 13.9. The molecular formula is C11H15ClN2O2S2. The first kappa shape index (κ1) is 15.4. The Bertz CT molecular complexity index is 558. The number of rotatable bonds is 5. The predicted octanol–water partition coefficient (Wildman–Crippen LogP) is 2.00. The molecule has 18 heavy (non-hydrogen) atoms. The highest BCUT2D eigenvalue weighted by molar-refractivity contribution is 7.89. The van der Waals surface area contributed by atoms with Crippen molar-refractivity contribution in [2.24, 2.45) is 5.73 Å². The van der Waals surface area contributed by atoms with Crippen LogP contribution in [-0.4, -0.2) is 31.3 Å². The van der Waals surface area contributed by atoms with Crippen molar-refractivity contribution in [2.75, 3.05) is 13.6 Å². The minimum absolute atomic E-state index is 0.0696. The Hall–Kier alpha value is -0.690. The van der Waals surface area contributed by atoms with E-state index in [0.29, 0.717) is 12.1 Å². The standard InChI is InChI=1S/C11H15ClN2O2S2/c1-3-6-14(2)18(15,16)10-5-4-8(11(13)17)7-9(10)12/h4-5,7H,3,6H2,1-2H3,(H2,13,17). The van der Waals surface area contributed by atoms with E-state index in [0.717, 1.165) is 6.42 Å². The molecule has 0 unspecified atom stereocenters. The molecule has 0 bridgehead atoms. The summed E-state index contributed by atoms with van der Waals surface area (Å²) in [6, 6.07) is 4.45. The zero-order valence-electron chi connectivity index (χ0n) is 10.2. The lowest BCUT2D eigenvalue weighted by Crippen LogP contribution is -2.28. The van der Waals surface area contributed by atoms with Crippen LogP contribution in [-0.2, 0) is 10.0 Å². The van der Waals surface area contributed by atoms with E-state index in [1.807, 2.05) is 6.92 Å². The van der Waals surface area contributed by atoms with Crippen molar-refractivity contribution in [2.45, 2.75) is 18.2 Å². The fraction of sp³-hybridized carbons (Fsp3) is 0.364. The van der Waals surface area contributed by atoms with Crippen LogP contribution in [0.3, 0.4) is 0 Å². The van der Waals surface area contributed by atoms with Gasteiger partial charge in [0.2, 0.25) is 10.0 Å². The van der Waals surface area contributed by atoms with Crippen molar-refractivity contribution in [3.05, 3.63) is 28.8 Å². The molecule has 0 aliphatic heterocycles. The summed E-state index contributed by atoms with van der Waals surface area (Å²) < 4.78 is 25.7. The van der Waals surface area contributed by atoms with Gasteiger partial charge >= 0.3 is 0 Å². The van der Waals surface area contributed by atoms with E-state index in [-0.39, 0.29) is 14.9 Å². The molecule has 0 spiro atoms. The molecule has 100 valence electrons. The average molecular weight is 307 g/mol. The van der Waals surface area contributed by atoms with Gasteiger partial charge < -0.3 is 5.73 Å². The zero-order valence-corrected chi connectivity index (χ0v) is 12.6. The lowest BCUT2D eigenvalue weighted by molar-refractivity contribution is 0.468. The highest BCUT2D eigenvalue weighted by Crippen LogP contribution is 2.25. The van der Waals surface area contributed by atoms with Crippen LogP contribution >= 0.6 is 23.8 Å². The smallest absolute Gasteiger partial charge is 0.244 e. The van der Waals surface area contributed by atoms with E-state index < -0.39 is 10.0 Å². The molecule has 0 fully saturated rings. The van der Waals surface area contributed by atoms with E-state index in [9.17, 15) is 8.42 Å². The van der Waals surface area contributed by atoms with Gasteiger partial charge in [-0.1, -0.05) is 36.8 Å². The number of hydrogen-bond acceptors (Lipinski definition) is 3. The maximum Gasteiger partial charge on any atom is 0.244 e. The molecule has 0 amide bonds. The fourth-order valence-corrected chi connectivity index (χ4v) is 3.37. The summed E-state index contributed by atoms with van der Waals surface area (Å²) in [6.07, 6.45) is 0.734. The lowest BCUT2D eigenvalue weighted by atomic mass is 10.2. The average Bonchev–Trinajstić information content (AvgIpc) is 2.28. The van der Waals surface area contributed by atoms with Gasteiger partial charge in [0, 0.05) is 19.2 Å². The molecule has 0 aliphatic rings. The SMILES string of the molecule is CCCN(C)S(=O)(=O)c1ccc(C(N)=S)cc1Cl. The third kappa shape index (κ3) is 3.20. The van der Waals surface area contributed by atoms with Crippen molar-refractivity contribution < 1.29 is 8.42 Å². The Morgan fingerprint density at radius 2 is 2.11 bits per heavy atom. The third-order valence-electron chi connectivity index (χ3n) is 2.44. The van der Waals surface area contributed by atoms with Crippen LogP contribution < -0.4 is 5.73 Å². The summed E-state index contributed by atoms with van der Waals surface area (Å²) in [5.41, 5.74) is 6.01. The normalized spacial score (nSPS) is 11.8. The molecule has 4 nitrogen and oxygen atoms in total. The molecule has 0 aliphatic carbocycles. The van der Waals surface area contributed by atoms with Gasteiger partial charge in [0.25, 0.3) is 0 Å². The quantitative estimate of drug-likeness (QED) is 0.845. The predicted molar refractivity (Wildman–Crippen MR) is 77.4 cm³/mol. The van der Waals surface area contributed by atoms with Crippen molar-refractivity contribution in [1.29, 1.82) is 0 Å². The van der Waals surface area contributed by atoms with Gasteiger partial charge in [-0.25, -0.2) is 12.7 Å². The molecule has 0 aromatic heterocycles. The Morgan fingerprint density at radius 1 is 1.50 bits per heavy atom. The van der Waals surface area contributed by atoms with Crippen LogP contribution in [0.15, 0.2) is 23.1 Å². The Balaban J connectivity index is 3.22. The number of sulfonamides is 1. The van der Waals surface area contributed by atoms with Gasteiger partial charge in [0.05, 0.1) is 5.02 Å². The van der Waals surface area contributed by atoms with E-state index in [1.54, 1.807) is 6.07 Å². The monoisotopic (exact) mass is 306 g/mol. The van der Waals surface area contributed by atoms with E-state index >= 15 is 0 Å². The molecule has 0 saturated carbocycles. The van der Waals surface area contributed by atoms with Gasteiger partial charge in [0.1, 0.15) is 9.88 Å². The summed E-state index contributed by atoms with van der Waals surface area (Å²) in [5.74, 6) is 0. The minimum Gasteiger partial charge on any atom is -0.389 e. The molecule has 0 heterocycles. The summed E-state index contributed by atoms with van der Waals surface area (Å²) >= 11 is 10.8. The Labute approximate surface area is 118 Å². The molecule has 0 radical (unpaired) electrons. The summed E-state index contributed by atoms with van der Waals surface area (Å²) in [7, 11) is -2.03. The second-order valence-corrected chi connectivity index (χ2v) is 6.70. The molecule has 1 aromatic rings. The third-order valence-corrected chi connectivity index (χ3v) is 5.02. The summed E-state index contributed by atoms with van der Waals surface area (Å²) in [6.45, 7) is 2.35. The van der Waals surface area contributed by atoms with E-state index in [4.69, 9.17) is 29.6 Å². The van der Waals surface area contributed by atoms with Crippen LogP contribution in [0.25, 0.3) is 0 Å². The van der Waals surface area contributed by atoms with Crippen molar-refractivity contribution in [3.63, 3.8) is 0 Å². The largest absolute Gasteiger partial charge is 0.389 e. The lowest BCUT2D eigenvalue weighted by Gasteiger charge is -2.17. The number of benzene rings is 1. The Morgan fingerprint density at radius 3 is 2.56 bits per heavy atom. The minimum atomic E-state index is -3.56. The first-order chi connectivity index (χ1) is 8.30. The molecule has 1 aromatic carbocycles. The maximum absolute atomic E-state index is 12.2. The maximum atomic E-state index is 12.2. The van der Waals surface area contributed by atoms with Crippen LogP contribution in [0.4, 0.5) is 0 Å². The van der Waals surface area contributed by atoms with Gasteiger partial charge in [-0.05, 0) is 18.6 Å². The highest BCUT2D eigenvalue weighted by atomic mass is 35.5. The van der Waals surface area contributed by atoms with Gasteiger partial charge in [-0.15, -0.1) is 0 Å². The molecule has 1 rings (SSSR count). The number of nitrogens with two attached hydrogens (primary N) is 1. The number of hydrogen-bond donors (Lipinski definition) is 1. The summed E-state index contributed by atoms with van der Waals surface area (Å²) in [4.78, 5) is 0.253. The first-order valence-corrected chi connectivity index (χ1v) is 7.59. The Kier molecular flexibility index (Phi) is 5.10. The summed E-state index contributed by atoms with van der Waals surface area (Å²) in [5, 5.41) is 0.128. The first-order valence-electron chi connectivity index (χ1n) is 5.36. The molecule has 0 saturated heterocycles. The molecular weight excluding hydrogens is 292 g/mol. The molecule has 2 N–H and O–H groups in total. The van der Waals surface area contributed by atoms with Crippen molar-refractivity contribution >= 4 is 38.8 Å². The van der Waals surface area contributed by atoms with Crippen LogP contribution in [0.5, 0.6) is 0 Å².